The van der Waals surface area contributed by atoms with Crippen molar-refractivity contribution in [2.45, 2.75) is 45.6 Å². The largest absolute Gasteiger partial charge is 0.381 e. The minimum Gasteiger partial charge on any atom is -0.381 e. The summed E-state index contributed by atoms with van der Waals surface area (Å²) in [6.07, 6.45) is 4.76. The van der Waals surface area contributed by atoms with Gasteiger partial charge in [-0.3, -0.25) is 4.79 Å². The molecule has 0 radical (unpaired) electrons. The monoisotopic (exact) mass is 278 g/mol. The Kier molecular flexibility index (Phi) is 8.67. The van der Waals surface area contributed by atoms with Crippen LogP contribution in [0, 0.1) is 0 Å². The first-order valence-electron chi connectivity index (χ1n) is 7.43. The Labute approximate surface area is 121 Å². The predicted octanol–water partition coefficient (Wildman–Crippen LogP) is 3.07. The molecule has 3 N–H and O–H groups in total. The number of hydrogen-bond donors (Lipinski definition) is 2. The van der Waals surface area contributed by atoms with Crippen molar-refractivity contribution in [1.82, 2.24) is 0 Å². The molecular formula is C16H26N2O2. The smallest absolute Gasteiger partial charge is 0.224 e. The summed E-state index contributed by atoms with van der Waals surface area (Å²) in [5.74, 6) is 0.0244. The van der Waals surface area contributed by atoms with Gasteiger partial charge in [-0.25, -0.2) is 0 Å². The third-order valence-electron chi connectivity index (χ3n) is 3.03. The van der Waals surface area contributed by atoms with Crippen LogP contribution in [0.2, 0.25) is 0 Å². The Hall–Kier alpha value is -1.39. The number of ether oxygens (including phenoxy) is 1. The summed E-state index contributed by atoms with van der Waals surface area (Å²) < 4.78 is 5.48. The molecule has 112 valence electrons. The van der Waals surface area contributed by atoms with Crippen LogP contribution in [0.1, 0.15) is 44.6 Å². The van der Waals surface area contributed by atoms with E-state index in [1.165, 1.54) is 12.8 Å². The molecule has 20 heavy (non-hydrogen) atoms. The summed E-state index contributed by atoms with van der Waals surface area (Å²) in [5, 5.41) is 2.88. The van der Waals surface area contributed by atoms with Crippen LogP contribution < -0.4 is 11.1 Å². The minimum absolute atomic E-state index is 0.0244. The van der Waals surface area contributed by atoms with Gasteiger partial charge in [0.2, 0.25) is 5.91 Å². The number of amides is 1. The molecule has 0 aliphatic carbocycles. The van der Waals surface area contributed by atoms with Gasteiger partial charge in [0, 0.05) is 31.9 Å². The molecule has 1 amide bonds. The molecule has 0 atom stereocenters. The first kappa shape index (κ1) is 16.7. The molecule has 0 saturated heterocycles. The van der Waals surface area contributed by atoms with E-state index in [-0.39, 0.29) is 5.91 Å². The molecule has 0 spiro atoms. The lowest BCUT2D eigenvalue weighted by Gasteiger charge is -2.07. The zero-order valence-electron chi connectivity index (χ0n) is 12.4. The van der Waals surface area contributed by atoms with E-state index >= 15 is 0 Å². The third kappa shape index (κ3) is 7.26. The Morgan fingerprint density at radius 3 is 2.80 bits per heavy atom. The van der Waals surface area contributed by atoms with Crippen molar-refractivity contribution < 1.29 is 9.53 Å². The number of rotatable bonds is 10. The Morgan fingerprint density at radius 1 is 1.25 bits per heavy atom. The molecule has 1 aromatic rings. The molecule has 0 saturated carbocycles. The molecular weight excluding hydrogens is 252 g/mol. The maximum atomic E-state index is 11.7. The highest BCUT2D eigenvalue weighted by molar-refractivity contribution is 5.90. The summed E-state index contributed by atoms with van der Waals surface area (Å²) in [4.78, 5) is 11.7. The molecule has 0 heterocycles. The second kappa shape index (κ2) is 10.4. The lowest BCUT2D eigenvalue weighted by Crippen LogP contribution is -2.12. The number of carbonyl (C=O) groups excluding carboxylic acids is 1. The van der Waals surface area contributed by atoms with Crippen molar-refractivity contribution in [1.29, 1.82) is 0 Å². The van der Waals surface area contributed by atoms with Crippen LogP contribution in [0.4, 0.5) is 5.69 Å². The van der Waals surface area contributed by atoms with Gasteiger partial charge in [0.1, 0.15) is 0 Å². The van der Waals surface area contributed by atoms with Crippen molar-refractivity contribution in [2.24, 2.45) is 5.73 Å². The van der Waals surface area contributed by atoms with E-state index in [0.717, 1.165) is 30.7 Å². The molecule has 1 aromatic carbocycles. The van der Waals surface area contributed by atoms with Crippen molar-refractivity contribution >= 4 is 11.6 Å². The number of nitrogens with two attached hydrogens (primary N) is 1. The fourth-order valence-electron chi connectivity index (χ4n) is 1.89. The molecule has 1 rings (SSSR count). The van der Waals surface area contributed by atoms with Gasteiger partial charge in [-0.15, -0.1) is 0 Å². The van der Waals surface area contributed by atoms with Gasteiger partial charge in [0.05, 0.1) is 0 Å². The first-order valence-corrected chi connectivity index (χ1v) is 7.43. The van der Waals surface area contributed by atoms with E-state index in [1.807, 2.05) is 24.3 Å². The van der Waals surface area contributed by atoms with Crippen LogP contribution in [0.25, 0.3) is 0 Å². The van der Waals surface area contributed by atoms with Gasteiger partial charge in [-0.1, -0.05) is 31.9 Å². The fraction of sp³-hybridized carbons (Fsp3) is 0.562. The molecule has 4 heteroatoms. The van der Waals surface area contributed by atoms with Gasteiger partial charge < -0.3 is 15.8 Å². The van der Waals surface area contributed by atoms with Crippen LogP contribution in [-0.2, 0) is 16.1 Å². The van der Waals surface area contributed by atoms with E-state index in [0.29, 0.717) is 19.6 Å². The molecule has 0 fully saturated rings. The first-order chi connectivity index (χ1) is 9.76. The number of anilines is 1. The summed E-state index contributed by atoms with van der Waals surface area (Å²) >= 11 is 0. The second-order valence-electron chi connectivity index (χ2n) is 4.88. The lowest BCUT2D eigenvalue weighted by molar-refractivity contribution is -0.116. The quantitative estimate of drug-likeness (QED) is 0.646. The number of unbranched alkanes of at least 4 members (excludes halogenated alkanes) is 2. The molecule has 0 bridgehead atoms. The zero-order chi connectivity index (χ0) is 14.6. The van der Waals surface area contributed by atoms with Crippen molar-refractivity contribution in [3.63, 3.8) is 0 Å². The van der Waals surface area contributed by atoms with Crippen molar-refractivity contribution in [3.8, 4) is 0 Å². The van der Waals surface area contributed by atoms with Crippen molar-refractivity contribution in [3.05, 3.63) is 29.8 Å². The predicted molar refractivity (Wildman–Crippen MR) is 82.5 cm³/mol. The van der Waals surface area contributed by atoms with E-state index in [2.05, 4.69) is 12.2 Å². The number of carbonyl (C=O) groups is 1. The second-order valence-corrected chi connectivity index (χ2v) is 4.88. The maximum absolute atomic E-state index is 11.7. The van der Waals surface area contributed by atoms with Gasteiger partial charge in [-0.2, -0.15) is 0 Å². The maximum Gasteiger partial charge on any atom is 0.224 e. The minimum atomic E-state index is 0.0244. The average molecular weight is 278 g/mol. The van der Waals surface area contributed by atoms with E-state index < -0.39 is 0 Å². The van der Waals surface area contributed by atoms with Crippen LogP contribution in [0.5, 0.6) is 0 Å². The number of hydrogen-bond acceptors (Lipinski definition) is 3. The van der Waals surface area contributed by atoms with Gasteiger partial charge in [-0.05, 0) is 30.5 Å². The van der Waals surface area contributed by atoms with Gasteiger partial charge in [0.25, 0.3) is 0 Å². The number of nitrogens with one attached hydrogen (secondary N) is 1. The molecule has 0 aliphatic heterocycles. The summed E-state index contributed by atoms with van der Waals surface area (Å²) in [7, 11) is 0. The van der Waals surface area contributed by atoms with Gasteiger partial charge in [0.15, 0.2) is 0 Å². The topological polar surface area (TPSA) is 64.3 Å². The lowest BCUT2D eigenvalue weighted by atomic mass is 10.2. The summed E-state index contributed by atoms with van der Waals surface area (Å²) in [6, 6.07) is 7.62. The molecule has 0 aliphatic rings. The van der Waals surface area contributed by atoms with Crippen LogP contribution in [-0.4, -0.2) is 19.1 Å². The highest BCUT2D eigenvalue weighted by atomic mass is 16.5. The Bertz CT molecular complexity index is 394. The normalized spacial score (nSPS) is 10.5. The highest BCUT2D eigenvalue weighted by Crippen LogP contribution is 2.10. The number of benzene rings is 1. The van der Waals surface area contributed by atoms with E-state index in [4.69, 9.17) is 10.5 Å². The highest BCUT2D eigenvalue weighted by Gasteiger charge is 2.02. The summed E-state index contributed by atoms with van der Waals surface area (Å²) in [6.45, 7) is 4.10. The SMILES string of the molecule is CCCCCOCCCC(=O)Nc1cccc(CN)c1. The Morgan fingerprint density at radius 2 is 2.05 bits per heavy atom. The van der Waals surface area contributed by atoms with Crippen LogP contribution in [0.3, 0.4) is 0 Å². The standard InChI is InChI=1S/C16H26N2O2/c1-2-3-4-10-20-11-6-9-16(19)18-15-8-5-7-14(12-15)13-17/h5,7-8,12H,2-4,6,9-11,13,17H2,1H3,(H,18,19). The van der Waals surface area contributed by atoms with Crippen LogP contribution in [0.15, 0.2) is 24.3 Å². The van der Waals surface area contributed by atoms with Crippen molar-refractivity contribution in [2.75, 3.05) is 18.5 Å². The zero-order valence-corrected chi connectivity index (χ0v) is 12.4. The molecule has 4 nitrogen and oxygen atoms in total. The summed E-state index contributed by atoms with van der Waals surface area (Å²) in [5.41, 5.74) is 7.39. The molecule has 0 aromatic heterocycles. The third-order valence-corrected chi connectivity index (χ3v) is 3.03. The molecule has 0 unspecified atom stereocenters. The Balaban J connectivity index is 2.13. The average Bonchev–Trinajstić information content (AvgIpc) is 2.46. The fourth-order valence-corrected chi connectivity index (χ4v) is 1.89. The van der Waals surface area contributed by atoms with Gasteiger partial charge >= 0.3 is 0 Å². The van der Waals surface area contributed by atoms with E-state index in [1.54, 1.807) is 0 Å². The van der Waals surface area contributed by atoms with Crippen LogP contribution >= 0.6 is 0 Å². The van der Waals surface area contributed by atoms with E-state index in [9.17, 15) is 4.79 Å².